The lowest BCUT2D eigenvalue weighted by molar-refractivity contribution is 0.0917. The summed E-state index contributed by atoms with van der Waals surface area (Å²) in [6.07, 6.45) is 1.30. The minimum atomic E-state index is -3.57. The van der Waals surface area contributed by atoms with Crippen molar-refractivity contribution in [1.82, 2.24) is 15.2 Å². The number of hydrogen-bond donors (Lipinski definition) is 2. The van der Waals surface area contributed by atoms with Crippen LogP contribution in [-0.4, -0.2) is 48.4 Å². The van der Waals surface area contributed by atoms with Gasteiger partial charge in [0, 0.05) is 24.2 Å². The van der Waals surface area contributed by atoms with Crippen LogP contribution in [0.5, 0.6) is 0 Å². The van der Waals surface area contributed by atoms with Gasteiger partial charge in [0.25, 0.3) is 0 Å². The quantitative estimate of drug-likeness (QED) is 0.791. The molecule has 7 heteroatoms. The predicted octanol–water partition coefficient (Wildman–Crippen LogP) is 1.53. The van der Waals surface area contributed by atoms with Crippen LogP contribution in [0.4, 0.5) is 0 Å². The number of ketones is 1. The maximum Gasteiger partial charge on any atom is 0.220 e. The van der Waals surface area contributed by atoms with E-state index in [0.29, 0.717) is 18.5 Å². The number of benzene rings is 1. The highest BCUT2D eigenvalue weighted by Gasteiger charge is 2.48. The van der Waals surface area contributed by atoms with E-state index in [1.54, 1.807) is 6.07 Å². The first-order chi connectivity index (χ1) is 11.7. The number of hydrogen-bond acceptors (Lipinski definition) is 5. The van der Waals surface area contributed by atoms with Crippen LogP contribution in [0.1, 0.15) is 48.2 Å². The molecule has 0 amide bonds. The first-order valence-electron chi connectivity index (χ1n) is 8.86. The summed E-state index contributed by atoms with van der Waals surface area (Å²) >= 11 is 0. The van der Waals surface area contributed by atoms with Crippen molar-refractivity contribution in [3.63, 3.8) is 0 Å². The molecule has 2 saturated heterocycles. The Hall–Kier alpha value is -1.28. The highest BCUT2D eigenvalue weighted by atomic mass is 32.2. The highest BCUT2D eigenvalue weighted by Crippen LogP contribution is 2.29. The number of sulfonamides is 1. The Labute approximate surface area is 150 Å². The zero-order chi connectivity index (χ0) is 18.4. The standard InChI is InChI=1S/C18H27N3O3S/c1-11-7-8-15(10-12(11)2)17(22)16-6-5-9-21(16)25(23,24)18-13(3)19-20-14(18)4/h7-8,10,13-14,16,18-20H,5-6,9H2,1-4H3. The van der Waals surface area contributed by atoms with Crippen molar-refractivity contribution in [1.29, 1.82) is 0 Å². The van der Waals surface area contributed by atoms with E-state index in [1.807, 2.05) is 39.8 Å². The molecule has 2 aliphatic rings. The van der Waals surface area contributed by atoms with Gasteiger partial charge >= 0.3 is 0 Å². The van der Waals surface area contributed by atoms with Gasteiger partial charge in [0.2, 0.25) is 10.0 Å². The van der Waals surface area contributed by atoms with Gasteiger partial charge in [-0.3, -0.25) is 15.6 Å². The summed E-state index contributed by atoms with van der Waals surface area (Å²) in [6.45, 7) is 8.09. The monoisotopic (exact) mass is 365 g/mol. The molecule has 3 rings (SSSR count). The summed E-state index contributed by atoms with van der Waals surface area (Å²) < 4.78 is 27.9. The maximum absolute atomic E-state index is 13.2. The largest absolute Gasteiger partial charge is 0.292 e. The minimum absolute atomic E-state index is 0.0941. The number of aryl methyl sites for hydroxylation is 2. The van der Waals surface area contributed by atoms with Crippen molar-refractivity contribution in [2.45, 2.75) is 63.9 Å². The summed E-state index contributed by atoms with van der Waals surface area (Å²) in [4.78, 5) is 13.0. The summed E-state index contributed by atoms with van der Waals surface area (Å²) in [6, 6.07) is 4.61. The van der Waals surface area contributed by atoms with Gasteiger partial charge in [0.05, 0.1) is 6.04 Å². The smallest absolute Gasteiger partial charge is 0.220 e. The van der Waals surface area contributed by atoms with E-state index < -0.39 is 21.3 Å². The molecule has 0 bridgehead atoms. The highest BCUT2D eigenvalue weighted by molar-refractivity contribution is 7.89. The van der Waals surface area contributed by atoms with Crippen molar-refractivity contribution in [3.8, 4) is 0 Å². The lowest BCUT2D eigenvalue weighted by Gasteiger charge is -2.29. The molecule has 0 saturated carbocycles. The lowest BCUT2D eigenvalue weighted by atomic mass is 9.99. The molecular weight excluding hydrogens is 338 g/mol. The number of hydrazine groups is 1. The average Bonchev–Trinajstić information content (AvgIpc) is 3.17. The molecule has 3 unspecified atom stereocenters. The summed E-state index contributed by atoms with van der Waals surface area (Å²) in [7, 11) is -3.57. The van der Waals surface area contributed by atoms with E-state index in [9.17, 15) is 13.2 Å². The van der Waals surface area contributed by atoms with Gasteiger partial charge in [0.15, 0.2) is 5.78 Å². The molecule has 25 heavy (non-hydrogen) atoms. The molecule has 2 aliphatic heterocycles. The van der Waals surface area contributed by atoms with Crippen LogP contribution >= 0.6 is 0 Å². The van der Waals surface area contributed by atoms with Crippen LogP contribution in [0.25, 0.3) is 0 Å². The molecule has 1 aromatic carbocycles. The number of rotatable bonds is 4. The van der Waals surface area contributed by atoms with Crippen LogP contribution in [0, 0.1) is 13.8 Å². The molecule has 0 aliphatic carbocycles. The van der Waals surface area contributed by atoms with Crippen LogP contribution in [0.15, 0.2) is 18.2 Å². The summed E-state index contributed by atoms with van der Waals surface area (Å²) in [5.41, 5.74) is 8.76. The molecule has 2 N–H and O–H groups in total. The van der Waals surface area contributed by atoms with Crippen molar-refractivity contribution >= 4 is 15.8 Å². The molecule has 6 nitrogen and oxygen atoms in total. The molecule has 138 valence electrons. The number of Topliss-reactive ketones (excluding diaryl/α,β-unsaturated/α-hetero) is 1. The zero-order valence-electron chi connectivity index (χ0n) is 15.2. The number of carbonyl (C=O) groups is 1. The molecule has 0 aromatic heterocycles. The number of nitrogens with one attached hydrogen (secondary N) is 2. The number of nitrogens with zero attached hydrogens (tertiary/aromatic N) is 1. The van der Waals surface area contributed by atoms with Gasteiger partial charge in [-0.25, -0.2) is 8.42 Å². The molecule has 1 aromatic rings. The van der Waals surface area contributed by atoms with E-state index in [4.69, 9.17) is 0 Å². The van der Waals surface area contributed by atoms with Gasteiger partial charge in [-0.2, -0.15) is 4.31 Å². The van der Waals surface area contributed by atoms with Crippen molar-refractivity contribution in [2.24, 2.45) is 0 Å². The minimum Gasteiger partial charge on any atom is -0.292 e. The Morgan fingerprint density at radius 2 is 1.76 bits per heavy atom. The number of carbonyl (C=O) groups excluding carboxylic acids is 1. The first-order valence-corrected chi connectivity index (χ1v) is 10.4. The first kappa shape index (κ1) is 18.5. The van der Waals surface area contributed by atoms with E-state index in [2.05, 4.69) is 10.9 Å². The van der Waals surface area contributed by atoms with E-state index in [0.717, 1.165) is 17.5 Å². The normalized spacial score (nSPS) is 30.7. The molecule has 2 fully saturated rings. The Bertz CT molecular complexity index is 768. The molecule has 2 heterocycles. The Kier molecular flexibility index (Phi) is 5.03. The third-order valence-electron chi connectivity index (χ3n) is 5.49. The lowest BCUT2D eigenvalue weighted by Crippen LogP contribution is -2.50. The molecule has 0 spiro atoms. The fourth-order valence-corrected chi connectivity index (χ4v) is 6.35. The van der Waals surface area contributed by atoms with E-state index in [-0.39, 0.29) is 17.9 Å². The second-order valence-electron chi connectivity index (χ2n) is 7.31. The average molecular weight is 365 g/mol. The van der Waals surface area contributed by atoms with Gasteiger partial charge < -0.3 is 0 Å². The van der Waals surface area contributed by atoms with Crippen molar-refractivity contribution in [3.05, 3.63) is 34.9 Å². The molecule has 0 radical (unpaired) electrons. The van der Waals surface area contributed by atoms with Gasteiger partial charge in [-0.1, -0.05) is 12.1 Å². The Balaban J connectivity index is 1.89. The van der Waals surface area contributed by atoms with Crippen molar-refractivity contribution in [2.75, 3.05) is 6.54 Å². The van der Waals surface area contributed by atoms with Crippen LogP contribution in [-0.2, 0) is 10.0 Å². The van der Waals surface area contributed by atoms with E-state index >= 15 is 0 Å². The van der Waals surface area contributed by atoms with Crippen LogP contribution in [0.2, 0.25) is 0 Å². The second-order valence-corrected chi connectivity index (χ2v) is 9.35. The SMILES string of the molecule is Cc1ccc(C(=O)C2CCCN2S(=O)(=O)C2C(C)NNC2C)cc1C. The van der Waals surface area contributed by atoms with Crippen LogP contribution in [0.3, 0.4) is 0 Å². The zero-order valence-corrected chi connectivity index (χ0v) is 16.1. The summed E-state index contributed by atoms with van der Waals surface area (Å²) in [5, 5.41) is -0.569. The topological polar surface area (TPSA) is 78.5 Å². The fourth-order valence-electron chi connectivity index (χ4n) is 3.93. The van der Waals surface area contributed by atoms with Crippen molar-refractivity contribution < 1.29 is 13.2 Å². The van der Waals surface area contributed by atoms with Gasteiger partial charge in [-0.05, 0) is 57.7 Å². The maximum atomic E-state index is 13.2. The van der Waals surface area contributed by atoms with Gasteiger partial charge in [0.1, 0.15) is 5.25 Å². The predicted molar refractivity (Wildman–Crippen MR) is 97.9 cm³/mol. The van der Waals surface area contributed by atoms with Crippen LogP contribution < -0.4 is 10.9 Å². The third-order valence-corrected chi connectivity index (χ3v) is 8.09. The Morgan fingerprint density at radius 3 is 2.36 bits per heavy atom. The van der Waals surface area contributed by atoms with Gasteiger partial charge in [-0.15, -0.1) is 0 Å². The molecular formula is C18H27N3O3S. The third kappa shape index (κ3) is 3.26. The summed E-state index contributed by atoms with van der Waals surface area (Å²) in [5.74, 6) is -0.0941. The van der Waals surface area contributed by atoms with E-state index in [1.165, 1.54) is 4.31 Å². The molecule has 3 atom stereocenters. The Morgan fingerprint density at radius 1 is 1.12 bits per heavy atom. The second kappa shape index (κ2) is 6.79. The fraction of sp³-hybridized carbons (Fsp3) is 0.611.